The highest BCUT2D eigenvalue weighted by molar-refractivity contribution is 6.21. The molecule has 40 heavy (non-hydrogen) atoms. The molecule has 0 radical (unpaired) electrons. The fourth-order valence-corrected chi connectivity index (χ4v) is 4.85. The van der Waals surface area contributed by atoms with Crippen LogP contribution < -0.4 is 9.47 Å². The molecular formula is C32H23NO7. The van der Waals surface area contributed by atoms with Crippen molar-refractivity contribution in [3.05, 3.63) is 118 Å². The van der Waals surface area contributed by atoms with Crippen LogP contribution in [0, 0.1) is 0 Å². The number of carbonyl (C=O) groups is 4. The number of benzene rings is 4. The van der Waals surface area contributed by atoms with Crippen molar-refractivity contribution in [1.82, 2.24) is 4.90 Å². The maximum Gasteiger partial charge on any atom is 0.347 e. The predicted molar refractivity (Wildman–Crippen MR) is 144 cm³/mol. The largest absolute Gasteiger partial charge is 0.457 e. The fraction of sp³-hybridized carbons (Fsp3) is 0.125. The maximum atomic E-state index is 12.3. The number of nitrogens with zero attached hydrogens (tertiary/aromatic N) is 1. The van der Waals surface area contributed by atoms with E-state index in [1.807, 2.05) is 48.5 Å². The zero-order valence-corrected chi connectivity index (χ0v) is 21.9. The molecule has 0 atom stereocenters. The van der Waals surface area contributed by atoms with Crippen LogP contribution in [-0.4, -0.2) is 35.7 Å². The van der Waals surface area contributed by atoms with Crippen molar-refractivity contribution in [3.8, 4) is 23.0 Å². The first-order valence-electron chi connectivity index (χ1n) is 12.6. The first-order chi connectivity index (χ1) is 19.1. The molecule has 0 saturated carbocycles. The average Bonchev–Trinajstić information content (AvgIpc) is 3.35. The zero-order chi connectivity index (χ0) is 28.2. The molecule has 4 aromatic carbocycles. The van der Waals surface area contributed by atoms with Crippen molar-refractivity contribution in [1.29, 1.82) is 0 Å². The molecule has 0 aromatic heterocycles. The Balaban J connectivity index is 1.15. The quantitative estimate of drug-likeness (QED) is 0.167. The Morgan fingerprint density at radius 3 is 1.52 bits per heavy atom. The Bertz CT molecular complexity index is 1720. The molecule has 0 spiro atoms. The molecule has 198 valence electrons. The van der Waals surface area contributed by atoms with Crippen LogP contribution in [0.4, 0.5) is 0 Å². The molecule has 0 bridgehead atoms. The predicted octanol–water partition coefficient (Wildman–Crippen LogP) is 6.13. The molecule has 0 N–H and O–H groups in total. The van der Waals surface area contributed by atoms with E-state index in [-0.39, 0.29) is 28.4 Å². The smallest absolute Gasteiger partial charge is 0.347 e. The van der Waals surface area contributed by atoms with Crippen LogP contribution in [0.3, 0.4) is 0 Å². The van der Waals surface area contributed by atoms with Crippen LogP contribution in [0.1, 0.15) is 66.4 Å². The molecule has 6 rings (SSSR count). The van der Waals surface area contributed by atoms with Crippen molar-refractivity contribution < 1.29 is 33.4 Å². The summed E-state index contributed by atoms with van der Waals surface area (Å²) in [6, 6.07) is 24.9. The van der Waals surface area contributed by atoms with Gasteiger partial charge in [0.1, 0.15) is 23.0 Å². The number of ether oxygens (including phenoxy) is 3. The van der Waals surface area contributed by atoms with Crippen LogP contribution in [0.15, 0.2) is 84.9 Å². The van der Waals surface area contributed by atoms with E-state index in [1.165, 1.54) is 19.2 Å². The van der Waals surface area contributed by atoms with E-state index in [1.54, 1.807) is 24.3 Å². The van der Waals surface area contributed by atoms with Gasteiger partial charge in [0, 0.05) is 12.5 Å². The summed E-state index contributed by atoms with van der Waals surface area (Å²) in [6.07, 6.45) is 0. The highest BCUT2D eigenvalue weighted by atomic mass is 16.6. The summed E-state index contributed by atoms with van der Waals surface area (Å²) in [7, 11) is 1.46. The van der Waals surface area contributed by atoms with Gasteiger partial charge in [0.05, 0.1) is 22.3 Å². The molecule has 0 aliphatic carbocycles. The van der Waals surface area contributed by atoms with Gasteiger partial charge in [0.15, 0.2) is 0 Å². The molecule has 4 aromatic rings. The minimum absolute atomic E-state index is 0.194. The van der Waals surface area contributed by atoms with Crippen LogP contribution in [0.5, 0.6) is 23.0 Å². The lowest BCUT2D eigenvalue weighted by atomic mass is 9.78. The molecule has 8 nitrogen and oxygen atoms in total. The van der Waals surface area contributed by atoms with E-state index in [0.717, 1.165) is 16.0 Å². The Kier molecular flexibility index (Phi) is 5.76. The topological polar surface area (TPSA) is 99.2 Å². The number of cyclic esters (lactones) is 2. The number of amides is 2. The average molecular weight is 534 g/mol. The lowest BCUT2D eigenvalue weighted by Crippen LogP contribution is -2.24. The molecule has 2 amide bonds. The number of hydrogen-bond donors (Lipinski definition) is 0. The minimum atomic E-state index is -0.675. The lowest BCUT2D eigenvalue weighted by Gasteiger charge is -2.26. The van der Waals surface area contributed by atoms with Crippen molar-refractivity contribution >= 4 is 23.8 Å². The van der Waals surface area contributed by atoms with E-state index in [9.17, 15) is 19.2 Å². The Hall–Kier alpha value is -5.24. The second-order valence-electron chi connectivity index (χ2n) is 10.1. The van der Waals surface area contributed by atoms with Gasteiger partial charge in [-0.05, 0) is 71.8 Å². The lowest BCUT2D eigenvalue weighted by molar-refractivity contribution is 0.0442. The van der Waals surface area contributed by atoms with Crippen molar-refractivity contribution in [3.63, 3.8) is 0 Å². The monoisotopic (exact) mass is 533 g/mol. The maximum absolute atomic E-state index is 12.3. The summed E-state index contributed by atoms with van der Waals surface area (Å²) in [5.41, 5.74) is 2.93. The summed E-state index contributed by atoms with van der Waals surface area (Å²) >= 11 is 0. The van der Waals surface area contributed by atoms with Crippen molar-refractivity contribution in [2.24, 2.45) is 0 Å². The Morgan fingerprint density at radius 1 is 0.550 bits per heavy atom. The normalized spacial score (nSPS) is 14.2. The van der Waals surface area contributed by atoms with E-state index in [4.69, 9.17) is 9.47 Å². The van der Waals surface area contributed by atoms with Gasteiger partial charge in [-0.2, -0.15) is 0 Å². The van der Waals surface area contributed by atoms with Crippen LogP contribution in [-0.2, 0) is 10.2 Å². The minimum Gasteiger partial charge on any atom is -0.457 e. The molecular weight excluding hydrogens is 510 g/mol. The molecule has 2 aliphatic rings. The first-order valence-corrected chi connectivity index (χ1v) is 12.6. The number of carbonyl (C=O) groups excluding carboxylic acids is 4. The molecule has 8 heteroatoms. The van der Waals surface area contributed by atoms with E-state index >= 15 is 0 Å². The second kappa shape index (κ2) is 9.20. The van der Waals surface area contributed by atoms with E-state index in [0.29, 0.717) is 34.1 Å². The third-order valence-electron chi connectivity index (χ3n) is 7.30. The third kappa shape index (κ3) is 4.19. The summed E-state index contributed by atoms with van der Waals surface area (Å²) in [5, 5.41) is 0. The van der Waals surface area contributed by atoms with Gasteiger partial charge in [-0.1, -0.05) is 38.1 Å². The summed E-state index contributed by atoms with van der Waals surface area (Å²) in [4.78, 5) is 49.0. The SMILES string of the molecule is CN1C(=O)c2ccc(Oc3ccc(C(C)(C)c4ccc(Oc5ccc6c(c5)C(=O)OC6=O)cc4)cc3)cc2C1=O. The standard InChI is InChI=1S/C32H23NO7/c1-32(2,19-6-10-21(11-7-19)39-23-13-15-25-27(17-23)31(37)40-30(25)36)18-4-8-20(9-5-18)38-22-12-14-24-26(16-22)29(35)33(3)28(24)34/h4-17H,1-3H3. The van der Waals surface area contributed by atoms with Crippen LogP contribution >= 0.6 is 0 Å². The number of esters is 2. The summed E-state index contributed by atoms with van der Waals surface area (Å²) < 4.78 is 16.5. The van der Waals surface area contributed by atoms with Gasteiger partial charge >= 0.3 is 11.9 Å². The van der Waals surface area contributed by atoms with Crippen LogP contribution in [0.25, 0.3) is 0 Å². The van der Waals surface area contributed by atoms with Crippen molar-refractivity contribution in [2.75, 3.05) is 7.05 Å². The molecule has 0 fully saturated rings. The second-order valence-corrected chi connectivity index (χ2v) is 10.1. The zero-order valence-electron chi connectivity index (χ0n) is 21.9. The van der Waals surface area contributed by atoms with E-state index < -0.39 is 11.9 Å². The molecule has 0 unspecified atom stereocenters. The van der Waals surface area contributed by atoms with Crippen molar-refractivity contribution in [2.45, 2.75) is 19.3 Å². The molecule has 2 aliphatic heterocycles. The number of hydrogen-bond acceptors (Lipinski definition) is 7. The highest BCUT2D eigenvalue weighted by Crippen LogP contribution is 2.36. The van der Waals surface area contributed by atoms with E-state index in [2.05, 4.69) is 18.6 Å². The van der Waals surface area contributed by atoms with Gasteiger partial charge in [-0.3, -0.25) is 14.5 Å². The van der Waals surface area contributed by atoms with Gasteiger partial charge in [-0.15, -0.1) is 0 Å². The molecule has 2 heterocycles. The first kappa shape index (κ1) is 25.1. The Morgan fingerprint density at radius 2 is 0.975 bits per heavy atom. The fourth-order valence-electron chi connectivity index (χ4n) is 4.85. The Labute approximate surface area is 229 Å². The molecule has 0 saturated heterocycles. The summed E-state index contributed by atoms with van der Waals surface area (Å²) in [5.74, 6) is 0.116. The van der Waals surface area contributed by atoms with Gasteiger partial charge in [-0.25, -0.2) is 9.59 Å². The third-order valence-corrected chi connectivity index (χ3v) is 7.30. The number of rotatable bonds is 6. The number of fused-ring (bicyclic) bond motifs is 2. The van der Waals surface area contributed by atoms with Gasteiger partial charge in [0.2, 0.25) is 0 Å². The van der Waals surface area contributed by atoms with Gasteiger partial charge in [0.25, 0.3) is 11.8 Å². The number of imide groups is 1. The highest BCUT2D eigenvalue weighted by Gasteiger charge is 2.33. The summed E-state index contributed by atoms with van der Waals surface area (Å²) in [6.45, 7) is 4.23. The van der Waals surface area contributed by atoms with Crippen LogP contribution in [0.2, 0.25) is 0 Å². The van der Waals surface area contributed by atoms with Gasteiger partial charge < -0.3 is 14.2 Å².